The van der Waals surface area contributed by atoms with Gasteiger partial charge in [-0.1, -0.05) is 0 Å². The van der Waals surface area contributed by atoms with Gasteiger partial charge in [-0.3, -0.25) is 5.10 Å². The van der Waals surface area contributed by atoms with E-state index in [1.54, 1.807) is 12.1 Å². The number of fused-ring (bicyclic) bond motifs is 2. The number of rotatable bonds is 0. The Kier molecular flexibility index (Phi) is 1.45. The quantitative estimate of drug-likeness (QED) is 0.584. The minimum absolute atomic E-state index is 0.286. The predicted octanol–water partition coefficient (Wildman–Crippen LogP) is 1.83. The second-order valence-corrected chi connectivity index (χ2v) is 3.33. The Balaban J connectivity index is 2.50. The third-order valence-electron chi connectivity index (χ3n) is 2.33. The van der Waals surface area contributed by atoms with Gasteiger partial charge in [0.2, 0.25) is 0 Å². The SMILES string of the molecule is Nc1[nH]nc2nc3ccc(F)cc3cc12. The molecule has 0 saturated carbocycles. The van der Waals surface area contributed by atoms with E-state index in [4.69, 9.17) is 5.73 Å². The number of nitrogen functional groups attached to an aromatic ring is 1. The average Bonchev–Trinajstić information content (AvgIpc) is 2.57. The van der Waals surface area contributed by atoms with Gasteiger partial charge in [-0.15, -0.1) is 0 Å². The number of nitrogens with zero attached hydrogens (tertiary/aromatic N) is 2. The second kappa shape index (κ2) is 2.66. The number of benzene rings is 1. The molecular weight excluding hydrogens is 195 g/mol. The Morgan fingerprint density at radius 3 is 3.00 bits per heavy atom. The van der Waals surface area contributed by atoms with Crippen molar-refractivity contribution in [2.24, 2.45) is 0 Å². The molecule has 15 heavy (non-hydrogen) atoms. The Morgan fingerprint density at radius 1 is 1.27 bits per heavy atom. The molecule has 3 aromatic rings. The number of halogens is 1. The molecule has 0 aliphatic rings. The molecule has 5 heteroatoms. The monoisotopic (exact) mass is 202 g/mol. The van der Waals surface area contributed by atoms with E-state index in [2.05, 4.69) is 15.2 Å². The van der Waals surface area contributed by atoms with Crippen molar-refractivity contribution in [1.29, 1.82) is 0 Å². The van der Waals surface area contributed by atoms with E-state index in [9.17, 15) is 4.39 Å². The minimum atomic E-state index is -0.286. The van der Waals surface area contributed by atoms with Gasteiger partial charge in [0.05, 0.1) is 10.9 Å². The highest BCUT2D eigenvalue weighted by Crippen LogP contribution is 2.22. The van der Waals surface area contributed by atoms with Crippen molar-refractivity contribution in [1.82, 2.24) is 15.2 Å². The summed E-state index contributed by atoms with van der Waals surface area (Å²) >= 11 is 0. The van der Waals surface area contributed by atoms with Crippen molar-refractivity contribution < 1.29 is 4.39 Å². The maximum Gasteiger partial charge on any atom is 0.183 e. The zero-order chi connectivity index (χ0) is 10.4. The van der Waals surface area contributed by atoms with Crippen molar-refractivity contribution in [3.05, 3.63) is 30.1 Å². The van der Waals surface area contributed by atoms with Crippen molar-refractivity contribution in [3.8, 4) is 0 Å². The molecule has 0 radical (unpaired) electrons. The smallest absolute Gasteiger partial charge is 0.183 e. The normalized spacial score (nSPS) is 11.3. The number of nitrogens with two attached hydrogens (primary N) is 1. The number of aromatic nitrogens is 3. The van der Waals surface area contributed by atoms with Crippen LogP contribution in [-0.2, 0) is 0 Å². The topological polar surface area (TPSA) is 67.6 Å². The molecule has 3 N–H and O–H groups in total. The Morgan fingerprint density at radius 2 is 2.13 bits per heavy atom. The number of hydrogen-bond acceptors (Lipinski definition) is 3. The summed E-state index contributed by atoms with van der Waals surface area (Å²) in [5, 5.41) is 8.01. The fourth-order valence-corrected chi connectivity index (χ4v) is 1.59. The minimum Gasteiger partial charge on any atom is -0.384 e. The molecule has 0 amide bonds. The highest BCUT2D eigenvalue weighted by molar-refractivity contribution is 5.95. The van der Waals surface area contributed by atoms with E-state index in [-0.39, 0.29) is 5.82 Å². The van der Waals surface area contributed by atoms with E-state index < -0.39 is 0 Å². The maximum atomic E-state index is 13.0. The molecule has 4 nitrogen and oxygen atoms in total. The van der Waals surface area contributed by atoms with Gasteiger partial charge in [0, 0.05) is 5.39 Å². The lowest BCUT2D eigenvalue weighted by Crippen LogP contribution is -1.85. The first-order chi connectivity index (χ1) is 7.24. The van der Waals surface area contributed by atoms with Crippen LogP contribution in [-0.4, -0.2) is 15.2 Å². The van der Waals surface area contributed by atoms with Crippen LogP contribution in [0.5, 0.6) is 0 Å². The lowest BCUT2D eigenvalue weighted by atomic mass is 10.2. The van der Waals surface area contributed by atoms with Crippen molar-refractivity contribution in [3.63, 3.8) is 0 Å². The molecule has 1 aromatic carbocycles. The predicted molar refractivity (Wildman–Crippen MR) is 55.8 cm³/mol. The number of H-pyrrole nitrogens is 1. The summed E-state index contributed by atoms with van der Waals surface area (Å²) in [6.07, 6.45) is 0. The molecule has 0 atom stereocenters. The zero-order valence-electron chi connectivity index (χ0n) is 7.66. The van der Waals surface area contributed by atoms with Crippen LogP contribution >= 0.6 is 0 Å². The Labute approximate surface area is 83.9 Å². The molecule has 2 heterocycles. The van der Waals surface area contributed by atoms with E-state index >= 15 is 0 Å². The lowest BCUT2D eigenvalue weighted by molar-refractivity contribution is 0.629. The molecule has 0 spiro atoms. The zero-order valence-corrected chi connectivity index (χ0v) is 7.66. The first-order valence-corrected chi connectivity index (χ1v) is 4.44. The largest absolute Gasteiger partial charge is 0.384 e. The molecule has 74 valence electrons. The van der Waals surface area contributed by atoms with E-state index in [0.717, 1.165) is 5.39 Å². The van der Waals surface area contributed by atoms with E-state index in [0.29, 0.717) is 22.4 Å². The summed E-state index contributed by atoms with van der Waals surface area (Å²) in [4.78, 5) is 4.25. The molecule has 0 bridgehead atoms. The average molecular weight is 202 g/mol. The van der Waals surface area contributed by atoms with Gasteiger partial charge in [-0.05, 0) is 24.3 Å². The second-order valence-electron chi connectivity index (χ2n) is 3.33. The molecule has 3 rings (SSSR count). The van der Waals surface area contributed by atoms with Gasteiger partial charge < -0.3 is 5.73 Å². The van der Waals surface area contributed by atoms with Crippen molar-refractivity contribution >= 4 is 27.8 Å². The molecule has 0 unspecified atom stereocenters. The van der Waals surface area contributed by atoms with Crippen LogP contribution < -0.4 is 5.73 Å². The molecule has 0 saturated heterocycles. The number of hydrogen-bond donors (Lipinski definition) is 2. The van der Waals surface area contributed by atoms with Crippen LogP contribution in [0.25, 0.3) is 21.9 Å². The Hall–Kier alpha value is -2.17. The van der Waals surface area contributed by atoms with E-state index in [1.807, 2.05) is 0 Å². The molecule has 0 fully saturated rings. The van der Waals surface area contributed by atoms with Crippen LogP contribution in [0, 0.1) is 5.82 Å². The third-order valence-corrected chi connectivity index (χ3v) is 2.33. The molecule has 2 aromatic heterocycles. The van der Waals surface area contributed by atoms with Gasteiger partial charge in [0.15, 0.2) is 5.65 Å². The highest BCUT2D eigenvalue weighted by Gasteiger charge is 2.05. The highest BCUT2D eigenvalue weighted by atomic mass is 19.1. The van der Waals surface area contributed by atoms with Crippen LogP contribution in [0.4, 0.5) is 10.2 Å². The van der Waals surface area contributed by atoms with Gasteiger partial charge in [-0.25, -0.2) is 9.37 Å². The van der Waals surface area contributed by atoms with E-state index in [1.165, 1.54) is 12.1 Å². The van der Waals surface area contributed by atoms with Crippen LogP contribution in [0.3, 0.4) is 0 Å². The number of pyridine rings is 1. The Bertz CT molecular complexity index is 659. The fourth-order valence-electron chi connectivity index (χ4n) is 1.59. The maximum absolute atomic E-state index is 13.0. The summed E-state index contributed by atoms with van der Waals surface area (Å²) in [7, 11) is 0. The van der Waals surface area contributed by atoms with Gasteiger partial charge in [0.25, 0.3) is 0 Å². The number of anilines is 1. The summed E-state index contributed by atoms with van der Waals surface area (Å²) in [5.41, 5.74) is 6.91. The number of aromatic amines is 1. The summed E-state index contributed by atoms with van der Waals surface area (Å²) < 4.78 is 13.0. The first kappa shape index (κ1) is 8.16. The van der Waals surface area contributed by atoms with Crippen molar-refractivity contribution in [2.75, 3.05) is 5.73 Å². The van der Waals surface area contributed by atoms with Crippen LogP contribution in [0.15, 0.2) is 24.3 Å². The van der Waals surface area contributed by atoms with Gasteiger partial charge in [-0.2, -0.15) is 5.10 Å². The molecule has 0 aliphatic carbocycles. The van der Waals surface area contributed by atoms with Gasteiger partial charge >= 0.3 is 0 Å². The first-order valence-electron chi connectivity index (χ1n) is 4.44. The van der Waals surface area contributed by atoms with Gasteiger partial charge in [0.1, 0.15) is 11.6 Å². The number of nitrogens with one attached hydrogen (secondary N) is 1. The van der Waals surface area contributed by atoms with Crippen LogP contribution in [0.2, 0.25) is 0 Å². The molecular formula is C10H7FN4. The fraction of sp³-hybridized carbons (Fsp3) is 0. The lowest BCUT2D eigenvalue weighted by Gasteiger charge is -1.97. The summed E-state index contributed by atoms with van der Waals surface area (Å²) in [5.74, 6) is 0.161. The summed E-state index contributed by atoms with van der Waals surface area (Å²) in [6.45, 7) is 0. The standard InChI is InChI=1S/C10H7FN4/c11-6-1-2-8-5(3-6)4-7-9(12)14-15-10(7)13-8/h1-4H,(H3,12,13,14,15). The van der Waals surface area contributed by atoms with Crippen molar-refractivity contribution in [2.45, 2.75) is 0 Å². The summed E-state index contributed by atoms with van der Waals surface area (Å²) in [6, 6.07) is 6.19. The van der Waals surface area contributed by atoms with Crippen LogP contribution in [0.1, 0.15) is 0 Å². The molecule has 0 aliphatic heterocycles. The third kappa shape index (κ3) is 1.13.